The first kappa shape index (κ1) is 14.7. The lowest BCUT2D eigenvalue weighted by Crippen LogP contribution is -2.42. The molecule has 0 amide bonds. The molecule has 1 fully saturated rings. The first-order valence-corrected chi connectivity index (χ1v) is 6.97. The molecule has 0 aliphatic carbocycles. The van der Waals surface area contributed by atoms with E-state index in [1.165, 1.54) is 0 Å². The molecule has 0 spiro atoms. The maximum absolute atomic E-state index is 11.6. The Morgan fingerprint density at radius 3 is 2.65 bits per heavy atom. The lowest BCUT2D eigenvalue weighted by molar-refractivity contribution is 0.0351. The van der Waals surface area contributed by atoms with E-state index in [2.05, 4.69) is 4.90 Å². The molecule has 1 aromatic rings. The number of anilines is 2. The van der Waals surface area contributed by atoms with Crippen LogP contribution in [0.3, 0.4) is 0 Å². The van der Waals surface area contributed by atoms with Gasteiger partial charge in [0.15, 0.2) is 0 Å². The van der Waals surface area contributed by atoms with E-state index in [0.717, 1.165) is 18.8 Å². The summed E-state index contributed by atoms with van der Waals surface area (Å²) in [5, 5.41) is 9.97. The van der Waals surface area contributed by atoms with Crippen LogP contribution in [-0.4, -0.2) is 36.4 Å². The number of carbonyl (C=O) groups is 1. The zero-order chi connectivity index (χ0) is 14.8. The largest absolute Gasteiger partial charge is 0.462 e. The van der Waals surface area contributed by atoms with E-state index in [1.807, 2.05) is 13.0 Å². The Morgan fingerprint density at radius 2 is 2.10 bits per heavy atom. The maximum Gasteiger partial charge on any atom is 0.338 e. The van der Waals surface area contributed by atoms with Gasteiger partial charge >= 0.3 is 5.97 Å². The van der Waals surface area contributed by atoms with Gasteiger partial charge in [-0.05, 0) is 44.9 Å². The predicted octanol–water partition coefficient (Wildman–Crippen LogP) is 1.80. The van der Waals surface area contributed by atoms with E-state index >= 15 is 0 Å². The van der Waals surface area contributed by atoms with Crippen LogP contribution in [-0.2, 0) is 4.74 Å². The molecule has 0 bridgehead atoms. The van der Waals surface area contributed by atoms with Crippen LogP contribution in [0.2, 0.25) is 0 Å². The fraction of sp³-hybridized carbons (Fsp3) is 0.533. The molecule has 5 nitrogen and oxygen atoms in total. The topological polar surface area (TPSA) is 75.8 Å². The van der Waals surface area contributed by atoms with E-state index in [0.29, 0.717) is 30.7 Å². The third-order valence-corrected chi connectivity index (χ3v) is 3.72. The molecule has 20 heavy (non-hydrogen) atoms. The molecule has 0 saturated carbocycles. The normalized spacial score (nSPS) is 17.9. The fourth-order valence-corrected chi connectivity index (χ4v) is 2.41. The molecule has 5 heteroatoms. The van der Waals surface area contributed by atoms with E-state index in [1.54, 1.807) is 19.1 Å². The molecule has 0 unspecified atom stereocenters. The summed E-state index contributed by atoms with van der Waals surface area (Å²) in [5.41, 5.74) is 7.40. The third-order valence-electron chi connectivity index (χ3n) is 3.72. The van der Waals surface area contributed by atoms with Crippen molar-refractivity contribution in [2.45, 2.75) is 32.3 Å². The minimum absolute atomic E-state index is 0.349. The highest BCUT2D eigenvalue weighted by atomic mass is 16.5. The summed E-state index contributed by atoms with van der Waals surface area (Å²) < 4.78 is 4.95. The highest BCUT2D eigenvalue weighted by Crippen LogP contribution is 2.30. The van der Waals surface area contributed by atoms with Crippen molar-refractivity contribution in [1.82, 2.24) is 0 Å². The van der Waals surface area contributed by atoms with Crippen LogP contribution >= 0.6 is 0 Å². The summed E-state index contributed by atoms with van der Waals surface area (Å²) in [6.07, 6.45) is 1.43. The zero-order valence-electron chi connectivity index (χ0n) is 12.1. The van der Waals surface area contributed by atoms with Crippen LogP contribution in [0.5, 0.6) is 0 Å². The summed E-state index contributed by atoms with van der Waals surface area (Å²) in [6, 6.07) is 5.23. The Morgan fingerprint density at radius 1 is 1.45 bits per heavy atom. The average Bonchev–Trinajstić information content (AvgIpc) is 2.39. The smallest absolute Gasteiger partial charge is 0.338 e. The second kappa shape index (κ2) is 5.71. The van der Waals surface area contributed by atoms with Crippen molar-refractivity contribution in [2.24, 2.45) is 0 Å². The highest BCUT2D eigenvalue weighted by Gasteiger charge is 2.28. The summed E-state index contributed by atoms with van der Waals surface area (Å²) in [7, 11) is 0. The number of esters is 1. The lowest BCUT2D eigenvalue weighted by Gasteiger charge is -2.37. The fourth-order valence-electron chi connectivity index (χ4n) is 2.41. The van der Waals surface area contributed by atoms with Crippen LogP contribution in [0.1, 0.15) is 37.0 Å². The van der Waals surface area contributed by atoms with E-state index in [-0.39, 0.29) is 5.97 Å². The van der Waals surface area contributed by atoms with Crippen LogP contribution in [0.15, 0.2) is 18.2 Å². The number of hydrogen-bond donors (Lipinski definition) is 2. The van der Waals surface area contributed by atoms with Crippen LogP contribution in [0, 0.1) is 0 Å². The van der Waals surface area contributed by atoms with Gasteiger partial charge in [-0.25, -0.2) is 4.79 Å². The highest BCUT2D eigenvalue weighted by molar-refractivity contribution is 5.92. The van der Waals surface area contributed by atoms with Gasteiger partial charge in [0.25, 0.3) is 0 Å². The minimum atomic E-state index is -0.587. The molecular weight excluding hydrogens is 256 g/mol. The van der Waals surface area contributed by atoms with Crippen LogP contribution in [0.4, 0.5) is 11.4 Å². The molecule has 110 valence electrons. The molecular formula is C15H22N2O3. The van der Waals surface area contributed by atoms with Gasteiger partial charge in [-0.15, -0.1) is 0 Å². The predicted molar refractivity (Wildman–Crippen MR) is 78.9 cm³/mol. The number of piperidine rings is 1. The van der Waals surface area contributed by atoms with Crippen molar-refractivity contribution >= 4 is 17.3 Å². The molecule has 1 aliphatic heterocycles. The van der Waals surface area contributed by atoms with Gasteiger partial charge in [-0.2, -0.15) is 0 Å². The molecule has 0 aromatic heterocycles. The first-order valence-electron chi connectivity index (χ1n) is 6.97. The van der Waals surface area contributed by atoms with Gasteiger partial charge in [0.1, 0.15) is 0 Å². The number of aliphatic hydroxyl groups is 1. The number of rotatable bonds is 3. The van der Waals surface area contributed by atoms with Gasteiger partial charge in [-0.1, -0.05) is 0 Å². The Balaban J connectivity index is 2.12. The van der Waals surface area contributed by atoms with Crippen molar-refractivity contribution in [3.8, 4) is 0 Å². The molecule has 1 aromatic carbocycles. The number of nitrogens with zero attached hydrogens (tertiary/aromatic N) is 1. The standard InChI is InChI=1S/C15H22N2O3/c1-3-20-14(18)11-4-5-13(12(16)10-11)17-8-6-15(2,19)7-9-17/h4-5,10,19H,3,6-9,16H2,1-2H3. The van der Waals surface area contributed by atoms with Crippen molar-refractivity contribution in [3.05, 3.63) is 23.8 Å². The Hall–Kier alpha value is -1.75. The van der Waals surface area contributed by atoms with Gasteiger partial charge in [0, 0.05) is 13.1 Å². The second-order valence-electron chi connectivity index (χ2n) is 5.48. The maximum atomic E-state index is 11.6. The second-order valence-corrected chi connectivity index (χ2v) is 5.48. The van der Waals surface area contributed by atoms with Gasteiger partial charge in [0.2, 0.25) is 0 Å². The van der Waals surface area contributed by atoms with Gasteiger partial charge in [-0.3, -0.25) is 0 Å². The Labute approximate surface area is 119 Å². The molecule has 2 rings (SSSR count). The SMILES string of the molecule is CCOC(=O)c1ccc(N2CCC(C)(O)CC2)c(N)c1. The van der Waals surface area contributed by atoms with Crippen LogP contribution < -0.4 is 10.6 Å². The number of hydrogen-bond acceptors (Lipinski definition) is 5. The molecule has 0 radical (unpaired) electrons. The monoisotopic (exact) mass is 278 g/mol. The number of carbonyl (C=O) groups excluding carboxylic acids is 1. The molecule has 1 aliphatic rings. The quantitative estimate of drug-likeness (QED) is 0.651. The number of nitrogen functional groups attached to an aromatic ring is 1. The van der Waals surface area contributed by atoms with Gasteiger partial charge in [0.05, 0.1) is 29.1 Å². The average molecular weight is 278 g/mol. The zero-order valence-corrected chi connectivity index (χ0v) is 12.1. The summed E-state index contributed by atoms with van der Waals surface area (Å²) in [4.78, 5) is 13.8. The summed E-state index contributed by atoms with van der Waals surface area (Å²) in [6.45, 7) is 5.50. The Kier molecular flexibility index (Phi) is 4.18. The summed E-state index contributed by atoms with van der Waals surface area (Å²) in [5.74, 6) is -0.354. The van der Waals surface area contributed by atoms with Gasteiger partial charge < -0.3 is 20.5 Å². The number of ether oxygens (including phenoxy) is 1. The number of benzene rings is 1. The summed E-state index contributed by atoms with van der Waals surface area (Å²) >= 11 is 0. The lowest BCUT2D eigenvalue weighted by atomic mass is 9.93. The molecule has 3 N–H and O–H groups in total. The number of nitrogens with two attached hydrogens (primary N) is 1. The van der Waals surface area contributed by atoms with Crippen molar-refractivity contribution in [1.29, 1.82) is 0 Å². The van der Waals surface area contributed by atoms with Crippen molar-refractivity contribution in [3.63, 3.8) is 0 Å². The first-order chi connectivity index (χ1) is 9.43. The molecule has 1 saturated heterocycles. The molecule has 0 atom stereocenters. The van der Waals surface area contributed by atoms with E-state index < -0.39 is 5.60 Å². The van der Waals surface area contributed by atoms with Crippen molar-refractivity contribution in [2.75, 3.05) is 30.3 Å². The third kappa shape index (κ3) is 3.22. The Bertz CT molecular complexity index is 490. The van der Waals surface area contributed by atoms with E-state index in [9.17, 15) is 9.90 Å². The molecule has 1 heterocycles. The van der Waals surface area contributed by atoms with Crippen molar-refractivity contribution < 1.29 is 14.6 Å². The van der Waals surface area contributed by atoms with Crippen LogP contribution in [0.25, 0.3) is 0 Å². The van der Waals surface area contributed by atoms with E-state index in [4.69, 9.17) is 10.5 Å². The minimum Gasteiger partial charge on any atom is -0.462 e.